The molecule has 3 N–H and O–H groups in total. The standard InChI is InChI=1S/C14H20ClFN2O/c1-14(2,3)7-9(8-17)13(19)18-12-6-10(15)4-5-11(12)16/h4-6,9H,7-8,17H2,1-3H3,(H,18,19). The number of rotatable bonds is 4. The lowest BCUT2D eigenvalue weighted by molar-refractivity contribution is -0.120. The fraction of sp³-hybridized carbons (Fsp3) is 0.500. The average Bonchev–Trinajstić information content (AvgIpc) is 2.29. The van der Waals surface area contributed by atoms with Crippen molar-refractivity contribution in [3.8, 4) is 0 Å². The zero-order valence-electron chi connectivity index (χ0n) is 11.5. The Bertz CT molecular complexity index is 457. The van der Waals surface area contributed by atoms with E-state index in [1.165, 1.54) is 18.2 Å². The van der Waals surface area contributed by atoms with Crippen LogP contribution in [0.15, 0.2) is 18.2 Å². The number of carbonyl (C=O) groups excluding carboxylic acids is 1. The van der Waals surface area contributed by atoms with Gasteiger partial charge in [0, 0.05) is 11.6 Å². The maximum absolute atomic E-state index is 13.5. The monoisotopic (exact) mass is 286 g/mol. The lowest BCUT2D eigenvalue weighted by Gasteiger charge is -2.24. The van der Waals surface area contributed by atoms with Gasteiger partial charge in [-0.1, -0.05) is 32.4 Å². The summed E-state index contributed by atoms with van der Waals surface area (Å²) in [5, 5.41) is 2.92. The van der Waals surface area contributed by atoms with E-state index in [-0.39, 0.29) is 29.5 Å². The third kappa shape index (κ3) is 5.17. The second kappa shape index (κ2) is 6.35. The molecule has 0 fully saturated rings. The summed E-state index contributed by atoms with van der Waals surface area (Å²) < 4.78 is 13.5. The third-order valence-corrected chi connectivity index (χ3v) is 2.94. The molecule has 0 aliphatic heterocycles. The number of amides is 1. The Morgan fingerprint density at radius 3 is 2.63 bits per heavy atom. The normalized spacial score (nSPS) is 13.2. The van der Waals surface area contributed by atoms with E-state index in [2.05, 4.69) is 5.32 Å². The van der Waals surface area contributed by atoms with Crippen molar-refractivity contribution in [1.82, 2.24) is 0 Å². The lowest BCUT2D eigenvalue weighted by Crippen LogP contribution is -2.32. The summed E-state index contributed by atoms with van der Waals surface area (Å²) >= 11 is 5.78. The van der Waals surface area contributed by atoms with Crippen molar-refractivity contribution >= 4 is 23.2 Å². The predicted molar refractivity (Wildman–Crippen MR) is 76.7 cm³/mol. The molecule has 0 aliphatic carbocycles. The number of nitrogens with two attached hydrogens (primary N) is 1. The van der Waals surface area contributed by atoms with Crippen molar-refractivity contribution in [3.05, 3.63) is 29.0 Å². The molecule has 106 valence electrons. The zero-order chi connectivity index (χ0) is 14.6. The minimum atomic E-state index is -0.510. The second-order valence-electron chi connectivity index (χ2n) is 5.81. The minimum Gasteiger partial charge on any atom is -0.330 e. The highest BCUT2D eigenvalue weighted by molar-refractivity contribution is 6.30. The number of halogens is 2. The first-order valence-corrected chi connectivity index (χ1v) is 6.57. The molecule has 0 saturated heterocycles. The van der Waals surface area contributed by atoms with Gasteiger partial charge in [-0.05, 0) is 30.0 Å². The number of hydrogen-bond acceptors (Lipinski definition) is 2. The molecular formula is C14H20ClFN2O. The van der Waals surface area contributed by atoms with Gasteiger partial charge in [-0.2, -0.15) is 0 Å². The van der Waals surface area contributed by atoms with Gasteiger partial charge < -0.3 is 11.1 Å². The van der Waals surface area contributed by atoms with Gasteiger partial charge in [-0.3, -0.25) is 4.79 Å². The van der Waals surface area contributed by atoms with E-state index in [0.29, 0.717) is 11.4 Å². The fourth-order valence-corrected chi connectivity index (χ4v) is 2.02. The van der Waals surface area contributed by atoms with Crippen LogP contribution in [0.5, 0.6) is 0 Å². The van der Waals surface area contributed by atoms with E-state index in [1.807, 2.05) is 20.8 Å². The number of hydrogen-bond donors (Lipinski definition) is 2. The van der Waals surface area contributed by atoms with Crippen LogP contribution in [0.2, 0.25) is 5.02 Å². The highest BCUT2D eigenvalue weighted by Gasteiger charge is 2.24. The quantitative estimate of drug-likeness (QED) is 0.891. The summed E-state index contributed by atoms with van der Waals surface area (Å²) in [6.07, 6.45) is 0.636. The first-order valence-electron chi connectivity index (χ1n) is 6.19. The molecule has 1 aromatic carbocycles. The Hall–Kier alpha value is -1.13. The molecule has 1 aromatic rings. The van der Waals surface area contributed by atoms with E-state index in [0.717, 1.165) is 0 Å². The van der Waals surface area contributed by atoms with E-state index in [9.17, 15) is 9.18 Å². The van der Waals surface area contributed by atoms with Crippen LogP contribution in [0.4, 0.5) is 10.1 Å². The first kappa shape index (κ1) is 15.9. The highest BCUT2D eigenvalue weighted by atomic mass is 35.5. The molecule has 0 heterocycles. The van der Waals surface area contributed by atoms with Gasteiger partial charge in [0.25, 0.3) is 0 Å². The van der Waals surface area contributed by atoms with Crippen LogP contribution in [0.25, 0.3) is 0 Å². The van der Waals surface area contributed by atoms with Crippen molar-refractivity contribution < 1.29 is 9.18 Å². The van der Waals surface area contributed by atoms with Crippen molar-refractivity contribution in [3.63, 3.8) is 0 Å². The Balaban J connectivity index is 2.80. The summed E-state index contributed by atoms with van der Waals surface area (Å²) in [7, 11) is 0. The van der Waals surface area contributed by atoms with Crippen LogP contribution in [0.1, 0.15) is 27.2 Å². The van der Waals surface area contributed by atoms with Crippen LogP contribution in [0, 0.1) is 17.2 Å². The van der Waals surface area contributed by atoms with Crippen LogP contribution in [0.3, 0.4) is 0 Å². The SMILES string of the molecule is CC(C)(C)CC(CN)C(=O)Nc1cc(Cl)ccc1F. The van der Waals surface area contributed by atoms with Crippen molar-refractivity contribution in [1.29, 1.82) is 0 Å². The summed E-state index contributed by atoms with van der Waals surface area (Å²) in [5.74, 6) is -1.14. The summed E-state index contributed by atoms with van der Waals surface area (Å²) in [6, 6.07) is 4.04. The molecule has 0 aliphatic rings. The van der Waals surface area contributed by atoms with Gasteiger partial charge in [0.15, 0.2) is 0 Å². The molecule has 0 spiro atoms. The van der Waals surface area contributed by atoms with Gasteiger partial charge in [-0.25, -0.2) is 4.39 Å². The van der Waals surface area contributed by atoms with E-state index >= 15 is 0 Å². The van der Waals surface area contributed by atoms with Gasteiger partial charge in [0.2, 0.25) is 5.91 Å². The molecule has 5 heteroatoms. The van der Waals surface area contributed by atoms with Crippen LogP contribution in [-0.4, -0.2) is 12.5 Å². The van der Waals surface area contributed by atoms with Gasteiger partial charge in [0.05, 0.1) is 11.6 Å². The highest BCUT2D eigenvalue weighted by Crippen LogP contribution is 2.26. The molecule has 0 saturated carbocycles. The smallest absolute Gasteiger partial charge is 0.228 e. The number of anilines is 1. The van der Waals surface area contributed by atoms with Crippen molar-refractivity contribution in [2.24, 2.45) is 17.1 Å². The molecule has 1 amide bonds. The summed E-state index contributed by atoms with van der Waals surface area (Å²) in [5.41, 5.74) is 5.69. The Morgan fingerprint density at radius 2 is 2.11 bits per heavy atom. The number of carbonyl (C=O) groups is 1. The lowest BCUT2D eigenvalue weighted by atomic mass is 9.84. The van der Waals surface area contributed by atoms with Crippen LogP contribution >= 0.6 is 11.6 Å². The molecule has 1 rings (SSSR count). The Kier molecular flexibility index (Phi) is 5.32. The Labute approximate surface area is 118 Å². The molecule has 19 heavy (non-hydrogen) atoms. The van der Waals surface area contributed by atoms with Crippen molar-refractivity contribution in [2.45, 2.75) is 27.2 Å². The molecule has 0 bridgehead atoms. The summed E-state index contributed by atoms with van der Waals surface area (Å²) in [6.45, 7) is 6.32. The maximum Gasteiger partial charge on any atom is 0.228 e. The largest absolute Gasteiger partial charge is 0.330 e. The van der Waals surface area contributed by atoms with Gasteiger partial charge in [-0.15, -0.1) is 0 Å². The first-order chi connectivity index (χ1) is 8.73. The molecular weight excluding hydrogens is 267 g/mol. The topological polar surface area (TPSA) is 55.1 Å². The Morgan fingerprint density at radius 1 is 1.47 bits per heavy atom. The van der Waals surface area contributed by atoms with Crippen molar-refractivity contribution in [2.75, 3.05) is 11.9 Å². The predicted octanol–water partition coefficient (Wildman–Crippen LogP) is 3.43. The van der Waals surface area contributed by atoms with E-state index < -0.39 is 5.82 Å². The molecule has 1 atom stereocenters. The second-order valence-corrected chi connectivity index (χ2v) is 6.25. The van der Waals surface area contributed by atoms with Gasteiger partial charge >= 0.3 is 0 Å². The van der Waals surface area contributed by atoms with Crippen LogP contribution < -0.4 is 11.1 Å². The zero-order valence-corrected chi connectivity index (χ0v) is 12.2. The average molecular weight is 287 g/mol. The molecule has 0 radical (unpaired) electrons. The molecule has 3 nitrogen and oxygen atoms in total. The van der Waals surface area contributed by atoms with Gasteiger partial charge in [0.1, 0.15) is 5.82 Å². The molecule has 0 aromatic heterocycles. The number of nitrogens with one attached hydrogen (secondary N) is 1. The van der Waals surface area contributed by atoms with Crippen LogP contribution in [-0.2, 0) is 4.79 Å². The maximum atomic E-state index is 13.5. The minimum absolute atomic E-state index is 0.0196. The van der Waals surface area contributed by atoms with E-state index in [1.54, 1.807) is 0 Å². The fourth-order valence-electron chi connectivity index (χ4n) is 1.85. The number of benzene rings is 1. The molecule has 1 unspecified atom stereocenters. The summed E-state index contributed by atoms with van der Waals surface area (Å²) in [4.78, 5) is 12.1. The third-order valence-electron chi connectivity index (χ3n) is 2.70. The van der Waals surface area contributed by atoms with E-state index in [4.69, 9.17) is 17.3 Å².